The van der Waals surface area contributed by atoms with E-state index < -0.39 is 11.1 Å². The SMILES string of the molecule is CC(N)c1ccc(Sc2nc(=O)c(=O)[nH]n2C)nc1. The van der Waals surface area contributed by atoms with Gasteiger partial charge in [-0.25, -0.2) is 4.98 Å². The van der Waals surface area contributed by atoms with Crippen molar-refractivity contribution in [2.24, 2.45) is 12.8 Å². The molecule has 8 heteroatoms. The van der Waals surface area contributed by atoms with E-state index in [2.05, 4.69) is 15.1 Å². The number of pyridine rings is 1. The topological polar surface area (TPSA) is 107 Å². The molecule has 0 bridgehead atoms. The Morgan fingerprint density at radius 3 is 2.74 bits per heavy atom. The van der Waals surface area contributed by atoms with Crippen molar-refractivity contribution >= 4 is 11.8 Å². The second-order valence-electron chi connectivity index (χ2n) is 4.02. The molecule has 100 valence electrons. The van der Waals surface area contributed by atoms with Crippen molar-refractivity contribution in [2.75, 3.05) is 0 Å². The molecule has 2 aromatic rings. The van der Waals surface area contributed by atoms with Crippen LogP contribution in [0.15, 0.2) is 38.1 Å². The lowest BCUT2D eigenvalue weighted by Crippen LogP contribution is -2.33. The summed E-state index contributed by atoms with van der Waals surface area (Å²) in [5.74, 6) is 0. The Labute approximate surface area is 112 Å². The van der Waals surface area contributed by atoms with Crippen LogP contribution in [0.2, 0.25) is 0 Å². The highest BCUT2D eigenvalue weighted by molar-refractivity contribution is 7.99. The molecule has 2 heterocycles. The third-order valence-electron chi connectivity index (χ3n) is 2.43. The Kier molecular flexibility index (Phi) is 3.82. The van der Waals surface area contributed by atoms with Crippen LogP contribution in [-0.4, -0.2) is 19.7 Å². The highest BCUT2D eigenvalue weighted by atomic mass is 32.2. The van der Waals surface area contributed by atoms with Gasteiger partial charge in [0.2, 0.25) is 0 Å². The van der Waals surface area contributed by atoms with Gasteiger partial charge < -0.3 is 5.73 Å². The van der Waals surface area contributed by atoms with Gasteiger partial charge in [-0.1, -0.05) is 6.07 Å². The molecule has 0 saturated heterocycles. The van der Waals surface area contributed by atoms with Gasteiger partial charge in [-0.2, -0.15) is 4.98 Å². The molecule has 2 aromatic heterocycles. The molecule has 0 spiro atoms. The molecule has 0 saturated carbocycles. The Bertz CT molecular complexity index is 689. The number of nitrogens with one attached hydrogen (secondary N) is 1. The van der Waals surface area contributed by atoms with Crippen LogP contribution in [0, 0.1) is 0 Å². The lowest BCUT2D eigenvalue weighted by molar-refractivity contribution is 0.596. The maximum Gasteiger partial charge on any atom is 0.339 e. The fourth-order valence-corrected chi connectivity index (χ4v) is 2.11. The van der Waals surface area contributed by atoms with Crippen molar-refractivity contribution in [3.8, 4) is 0 Å². The van der Waals surface area contributed by atoms with E-state index in [1.165, 1.54) is 16.4 Å². The Morgan fingerprint density at radius 2 is 2.16 bits per heavy atom. The number of hydrogen-bond acceptors (Lipinski definition) is 6. The number of hydrogen-bond donors (Lipinski definition) is 2. The second kappa shape index (κ2) is 5.37. The van der Waals surface area contributed by atoms with Gasteiger partial charge in [0.15, 0.2) is 5.16 Å². The number of nitrogens with two attached hydrogens (primary N) is 1. The van der Waals surface area contributed by atoms with Crippen molar-refractivity contribution in [1.82, 2.24) is 19.7 Å². The molecule has 0 aliphatic rings. The van der Waals surface area contributed by atoms with Gasteiger partial charge in [0, 0.05) is 19.3 Å². The molecule has 0 aliphatic heterocycles. The maximum atomic E-state index is 11.2. The summed E-state index contributed by atoms with van der Waals surface area (Å²) in [5, 5.41) is 3.41. The van der Waals surface area contributed by atoms with E-state index in [-0.39, 0.29) is 6.04 Å². The van der Waals surface area contributed by atoms with Gasteiger partial charge in [-0.05, 0) is 30.3 Å². The van der Waals surface area contributed by atoms with Gasteiger partial charge in [-0.3, -0.25) is 19.4 Å². The summed E-state index contributed by atoms with van der Waals surface area (Å²) in [6.45, 7) is 1.87. The third-order valence-corrected chi connectivity index (χ3v) is 3.43. The molecule has 0 aromatic carbocycles. The van der Waals surface area contributed by atoms with Crippen LogP contribution in [0.25, 0.3) is 0 Å². The lowest BCUT2D eigenvalue weighted by Gasteiger charge is -2.07. The van der Waals surface area contributed by atoms with Gasteiger partial charge in [-0.15, -0.1) is 0 Å². The summed E-state index contributed by atoms with van der Waals surface area (Å²) in [4.78, 5) is 30.2. The number of aromatic amines is 1. The normalized spacial score (nSPS) is 12.4. The summed E-state index contributed by atoms with van der Waals surface area (Å²) in [6, 6.07) is 3.58. The summed E-state index contributed by atoms with van der Waals surface area (Å²) < 4.78 is 1.38. The first-order valence-corrected chi connectivity index (χ1v) is 6.36. The first kappa shape index (κ1) is 13.5. The zero-order valence-electron chi connectivity index (χ0n) is 10.5. The van der Waals surface area contributed by atoms with Crippen molar-refractivity contribution in [3.63, 3.8) is 0 Å². The van der Waals surface area contributed by atoms with Gasteiger partial charge in [0.1, 0.15) is 5.03 Å². The summed E-state index contributed by atoms with van der Waals surface area (Å²) in [7, 11) is 1.60. The molecule has 3 N–H and O–H groups in total. The Balaban J connectivity index is 2.29. The molecule has 1 atom stereocenters. The minimum absolute atomic E-state index is 0.0814. The van der Waals surface area contributed by atoms with Gasteiger partial charge in [0.25, 0.3) is 0 Å². The Morgan fingerprint density at radius 1 is 1.42 bits per heavy atom. The van der Waals surface area contributed by atoms with E-state index in [1.54, 1.807) is 19.3 Å². The van der Waals surface area contributed by atoms with Crippen molar-refractivity contribution < 1.29 is 0 Å². The summed E-state index contributed by atoms with van der Waals surface area (Å²) in [5.41, 5.74) is 5.10. The van der Waals surface area contributed by atoms with Gasteiger partial charge >= 0.3 is 11.1 Å². The first-order valence-electron chi connectivity index (χ1n) is 5.54. The predicted octanol–water partition coefficient (Wildman–Crippen LogP) is 0.0345. The van der Waals surface area contributed by atoms with Crippen LogP contribution < -0.4 is 16.9 Å². The van der Waals surface area contributed by atoms with Crippen LogP contribution in [0.1, 0.15) is 18.5 Å². The average Bonchev–Trinajstić information content (AvgIpc) is 2.36. The highest BCUT2D eigenvalue weighted by Crippen LogP contribution is 2.22. The molecular formula is C11H13N5O2S. The third kappa shape index (κ3) is 3.09. The number of aryl methyl sites for hydroxylation is 1. The molecule has 7 nitrogen and oxygen atoms in total. The quantitative estimate of drug-likeness (QED) is 0.768. The maximum absolute atomic E-state index is 11.2. The highest BCUT2D eigenvalue weighted by Gasteiger charge is 2.07. The molecule has 1 unspecified atom stereocenters. The molecule has 0 fully saturated rings. The minimum atomic E-state index is -0.812. The van der Waals surface area contributed by atoms with Crippen LogP contribution >= 0.6 is 11.8 Å². The molecule has 19 heavy (non-hydrogen) atoms. The van der Waals surface area contributed by atoms with Crippen LogP contribution in [0.4, 0.5) is 0 Å². The van der Waals surface area contributed by atoms with Crippen molar-refractivity contribution in [3.05, 3.63) is 44.6 Å². The van der Waals surface area contributed by atoms with Gasteiger partial charge in [0.05, 0.1) is 0 Å². The second-order valence-corrected chi connectivity index (χ2v) is 5.01. The lowest BCUT2D eigenvalue weighted by atomic mass is 10.2. The van der Waals surface area contributed by atoms with Crippen LogP contribution in [0.5, 0.6) is 0 Å². The average molecular weight is 279 g/mol. The number of H-pyrrole nitrogens is 1. The number of aromatic nitrogens is 4. The van der Waals surface area contributed by atoms with Crippen LogP contribution in [-0.2, 0) is 7.05 Å². The number of nitrogens with zero attached hydrogens (tertiary/aromatic N) is 3. The molecule has 0 radical (unpaired) electrons. The minimum Gasteiger partial charge on any atom is -0.324 e. The zero-order valence-corrected chi connectivity index (χ0v) is 11.3. The zero-order chi connectivity index (χ0) is 14.0. The van der Waals surface area contributed by atoms with E-state index in [4.69, 9.17) is 5.73 Å². The largest absolute Gasteiger partial charge is 0.339 e. The fourth-order valence-electron chi connectivity index (χ4n) is 1.37. The molecule has 0 aliphatic carbocycles. The predicted molar refractivity (Wildman–Crippen MR) is 71.1 cm³/mol. The van der Waals surface area contributed by atoms with Crippen molar-refractivity contribution in [2.45, 2.75) is 23.1 Å². The van der Waals surface area contributed by atoms with E-state index in [1.807, 2.05) is 13.0 Å². The Hall–Kier alpha value is -1.93. The smallest absolute Gasteiger partial charge is 0.324 e. The van der Waals surface area contributed by atoms with E-state index >= 15 is 0 Å². The number of rotatable bonds is 3. The van der Waals surface area contributed by atoms with Crippen molar-refractivity contribution in [1.29, 1.82) is 0 Å². The molecule has 0 amide bonds. The molecule has 2 rings (SSSR count). The van der Waals surface area contributed by atoms with E-state index in [0.29, 0.717) is 10.2 Å². The van der Waals surface area contributed by atoms with Crippen LogP contribution in [0.3, 0.4) is 0 Å². The summed E-state index contributed by atoms with van der Waals surface area (Å²) >= 11 is 1.19. The standard InChI is InChI=1S/C11H13N5O2S/c1-6(12)7-3-4-8(13-5-7)19-11-14-9(17)10(18)15-16(11)2/h3-6H,12H2,1-2H3,(H,15,18). The summed E-state index contributed by atoms with van der Waals surface area (Å²) in [6.07, 6.45) is 1.68. The molecular weight excluding hydrogens is 266 g/mol. The van der Waals surface area contributed by atoms with E-state index in [0.717, 1.165) is 5.56 Å². The fraction of sp³-hybridized carbons (Fsp3) is 0.273. The first-order chi connectivity index (χ1) is 8.97. The van der Waals surface area contributed by atoms with E-state index in [9.17, 15) is 9.59 Å². The monoisotopic (exact) mass is 279 g/mol.